The Bertz CT molecular complexity index is 1120. The lowest BCUT2D eigenvalue weighted by atomic mass is 10.2. The van der Waals surface area contributed by atoms with Crippen molar-refractivity contribution < 1.29 is 9.59 Å². The SMILES string of the molecule is Cc1cc(-c2ccnc(-n3ncc(C(=O)NCCCN4CCCC4=O)c3C)n2)c(C)s1. The van der Waals surface area contributed by atoms with Gasteiger partial charge in [0.1, 0.15) is 0 Å². The second-order valence-corrected chi connectivity index (χ2v) is 9.18. The van der Waals surface area contributed by atoms with Crippen molar-refractivity contribution in [2.24, 2.45) is 0 Å². The van der Waals surface area contributed by atoms with Gasteiger partial charge in [-0.15, -0.1) is 11.3 Å². The summed E-state index contributed by atoms with van der Waals surface area (Å²) >= 11 is 1.74. The number of amides is 2. The van der Waals surface area contributed by atoms with Crippen LogP contribution in [0.25, 0.3) is 17.2 Å². The Hall–Kier alpha value is -3.07. The van der Waals surface area contributed by atoms with Crippen LogP contribution < -0.4 is 5.32 Å². The molecular weight excluding hydrogens is 412 g/mol. The van der Waals surface area contributed by atoms with E-state index in [0.717, 1.165) is 30.6 Å². The predicted octanol–water partition coefficient (Wildman–Crippen LogP) is 3.06. The Balaban J connectivity index is 1.43. The molecule has 1 N–H and O–H groups in total. The number of aromatic nitrogens is 4. The van der Waals surface area contributed by atoms with Gasteiger partial charge in [-0.2, -0.15) is 5.10 Å². The Kier molecular flexibility index (Phi) is 6.13. The zero-order chi connectivity index (χ0) is 22.0. The van der Waals surface area contributed by atoms with Gasteiger partial charge in [0.2, 0.25) is 5.91 Å². The topological polar surface area (TPSA) is 93.0 Å². The summed E-state index contributed by atoms with van der Waals surface area (Å²) in [6, 6.07) is 4.01. The van der Waals surface area contributed by atoms with E-state index in [1.165, 1.54) is 9.75 Å². The van der Waals surface area contributed by atoms with Gasteiger partial charge in [-0.3, -0.25) is 9.59 Å². The first-order valence-corrected chi connectivity index (χ1v) is 11.3. The standard InChI is InChI=1S/C22H26N6O2S/c1-14-12-17(16(3)31-14)19-7-9-24-22(26-19)28-15(2)18(13-25-28)21(30)23-8-5-11-27-10-4-6-20(27)29/h7,9,12-13H,4-6,8,10-11H2,1-3H3,(H,23,30). The Morgan fingerprint density at radius 2 is 2.13 bits per heavy atom. The monoisotopic (exact) mass is 438 g/mol. The minimum atomic E-state index is -0.183. The van der Waals surface area contributed by atoms with Crippen LogP contribution in [-0.4, -0.2) is 56.1 Å². The zero-order valence-electron chi connectivity index (χ0n) is 18.0. The number of carbonyl (C=O) groups is 2. The van der Waals surface area contributed by atoms with E-state index < -0.39 is 0 Å². The van der Waals surface area contributed by atoms with Gasteiger partial charge >= 0.3 is 0 Å². The second kappa shape index (κ2) is 8.97. The number of likely N-dealkylation sites (tertiary alicyclic amines) is 1. The van der Waals surface area contributed by atoms with Crippen LogP contribution in [0.4, 0.5) is 0 Å². The lowest BCUT2D eigenvalue weighted by Crippen LogP contribution is -2.30. The normalized spacial score (nSPS) is 13.8. The third kappa shape index (κ3) is 4.51. The molecule has 9 heteroatoms. The van der Waals surface area contributed by atoms with Crippen LogP contribution >= 0.6 is 11.3 Å². The van der Waals surface area contributed by atoms with Gasteiger partial charge in [0, 0.05) is 47.6 Å². The maximum atomic E-state index is 12.6. The van der Waals surface area contributed by atoms with E-state index in [1.807, 2.05) is 17.9 Å². The predicted molar refractivity (Wildman–Crippen MR) is 119 cm³/mol. The minimum Gasteiger partial charge on any atom is -0.352 e. The fourth-order valence-electron chi connectivity index (χ4n) is 3.83. The summed E-state index contributed by atoms with van der Waals surface area (Å²) in [5, 5.41) is 7.27. The van der Waals surface area contributed by atoms with Gasteiger partial charge in [-0.1, -0.05) is 0 Å². The van der Waals surface area contributed by atoms with E-state index in [2.05, 4.69) is 40.3 Å². The van der Waals surface area contributed by atoms with E-state index in [0.29, 0.717) is 36.7 Å². The molecule has 0 atom stereocenters. The summed E-state index contributed by atoms with van der Waals surface area (Å²) in [7, 11) is 0. The number of carbonyl (C=O) groups excluding carboxylic acids is 2. The van der Waals surface area contributed by atoms with Crippen molar-refractivity contribution in [2.75, 3.05) is 19.6 Å². The van der Waals surface area contributed by atoms with E-state index in [4.69, 9.17) is 0 Å². The van der Waals surface area contributed by atoms with Crippen molar-refractivity contribution in [3.8, 4) is 17.2 Å². The number of nitrogens with one attached hydrogen (secondary N) is 1. The van der Waals surface area contributed by atoms with Crippen molar-refractivity contribution in [3.05, 3.63) is 45.5 Å². The van der Waals surface area contributed by atoms with Crippen LogP contribution in [0.15, 0.2) is 24.5 Å². The van der Waals surface area contributed by atoms with Gasteiger partial charge in [-0.05, 0) is 45.7 Å². The van der Waals surface area contributed by atoms with Gasteiger partial charge in [0.15, 0.2) is 0 Å². The molecule has 162 valence electrons. The molecule has 31 heavy (non-hydrogen) atoms. The number of nitrogens with zero attached hydrogens (tertiary/aromatic N) is 5. The van der Waals surface area contributed by atoms with Gasteiger partial charge in [0.05, 0.1) is 23.1 Å². The molecule has 0 unspecified atom stereocenters. The molecule has 0 radical (unpaired) electrons. The Morgan fingerprint density at radius 3 is 2.84 bits per heavy atom. The molecule has 4 rings (SSSR count). The van der Waals surface area contributed by atoms with Gasteiger partial charge < -0.3 is 10.2 Å². The van der Waals surface area contributed by atoms with Crippen LogP contribution in [-0.2, 0) is 4.79 Å². The van der Waals surface area contributed by atoms with Gasteiger partial charge in [0.25, 0.3) is 11.9 Å². The fourth-order valence-corrected chi connectivity index (χ4v) is 4.76. The average molecular weight is 439 g/mol. The molecule has 0 spiro atoms. The first-order valence-electron chi connectivity index (χ1n) is 10.5. The smallest absolute Gasteiger partial charge is 0.254 e. The number of aryl methyl sites for hydroxylation is 2. The highest BCUT2D eigenvalue weighted by molar-refractivity contribution is 7.12. The molecule has 0 saturated carbocycles. The summed E-state index contributed by atoms with van der Waals surface area (Å²) in [6.45, 7) is 8.00. The van der Waals surface area contributed by atoms with Crippen LogP contribution in [0.2, 0.25) is 0 Å². The second-order valence-electron chi connectivity index (χ2n) is 7.72. The van der Waals surface area contributed by atoms with Crippen LogP contribution in [0, 0.1) is 20.8 Å². The molecule has 1 fully saturated rings. The quantitative estimate of drug-likeness (QED) is 0.572. The Morgan fingerprint density at radius 1 is 1.29 bits per heavy atom. The highest BCUT2D eigenvalue weighted by atomic mass is 32.1. The first-order chi connectivity index (χ1) is 14.9. The summed E-state index contributed by atoms with van der Waals surface area (Å²) in [5.74, 6) is 0.459. The molecule has 3 aromatic rings. The largest absolute Gasteiger partial charge is 0.352 e. The summed E-state index contributed by atoms with van der Waals surface area (Å²) in [4.78, 5) is 37.6. The zero-order valence-corrected chi connectivity index (χ0v) is 18.8. The molecular formula is C22H26N6O2S. The van der Waals surface area contributed by atoms with Crippen molar-refractivity contribution >= 4 is 23.2 Å². The molecule has 4 heterocycles. The molecule has 0 aliphatic carbocycles. The molecule has 2 amide bonds. The van der Waals surface area contributed by atoms with Gasteiger partial charge in [-0.25, -0.2) is 14.6 Å². The van der Waals surface area contributed by atoms with Crippen LogP contribution in [0.3, 0.4) is 0 Å². The number of hydrogen-bond acceptors (Lipinski definition) is 6. The highest BCUT2D eigenvalue weighted by Crippen LogP contribution is 2.29. The third-order valence-electron chi connectivity index (χ3n) is 5.47. The van der Waals surface area contributed by atoms with E-state index in [9.17, 15) is 9.59 Å². The maximum absolute atomic E-state index is 12.6. The van der Waals surface area contributed by atoms with Crippen molar-refractivity contribution in [1.82, 2.24) is 30.0 Å². The number of thiophene rings is 1. The molecule has 0 bridgehead atoms. The van der Waals surface area contributed by atoms with Crippen molar-refractivity contribution in [2.45, 2.75) is 40.0 Å². The molecule has 3 aromatic heterocycles. The number of hydrogen-bond donors (Lipinski definition) is 1. The highest BCUT2D eigenvalue weighted by Gasteiger charge is 2.20. The summed E-state index contributed by atoms with van der Waals surface area (Å²) in [5.41, 5.74) is 3.10. The minimum absolute atomic E-state index is 0.183. The van der Waals surface area contributed by atoms with Crippen molar-refractivity contribution in [3.63, 3.8) is 0 Å². The van der Waals surface area contributed by atoms with Crippen LogP contribution in [0.5, 0.6) is 0 Å². The fraction of sp³-hybridized carbons (Fsp3) is 0.409. The van der Waals surface area contributed by atoms with E-state index in [1.54, 1.807) is 28.4 Å². The number of rotatable bonds is 7. The maximum Gasteiger partial charge on any atom is 0.254 e. The third-order valence-corrected chi connectivity index (χ3v) is 6.43. The summed E-state index contributed by atoms with van der Waals surface area (Å²) in [6.07, 6.45) is 5.56. The summed E-state index contributed by atoms with van der Waals surface area (Å²) < 4.78 is 1.59. The molecule has 1 aliphatic rings. The Labute approximate surface area is 185 Å². The lowest BCUT2D eigenvalue weighted by molar-refractivity contribution is -0.127. The molecule has 8 nitrogen and oxygen atoms in total. The first kappa shape index (κ1) is 21.2. The molecule has 1 saturated heterocycles. The lowest BCUT2D eigenvalue weighted by Gasteiger charge is -2.15. The molecule has 0 aromatic carbocycles. The van der Waals surface area contributed by atoms with E-state index in [-0.39, 0.29) is 11.8 Å². The molecule has 1 aliphatic heterocycles. The average Bonchev–Trinajstić information content (AvgIpc) is 3.43. The van der Waals surface area contributed by atoms with Crippen LogP contribution in [0.1, 0.15) is 45.1 Å². The van der Waals surface area contributed by atoms with Crippen molar-refractivity contribution in [1.29, 1.82) is 0 Å². The van der Waals surface area contributed by atoms with E-state index >= 15 is 0 Å².